The number of rotatable bonds is 5. The maximum absolute atomic E-state index is 12.9. The van der Waals surface area contributed by atoms with Crippen molar-refractivity contribution in [1.29, 1.82) is 0 Å². The summed E-state index contributed by atoms with van der Waals surface area (Å²) >= 11 is 5.85. The molecule has 0 amide bonds. The minimum atomic E-state index is -4.47. The molecule has 0 spiro atoms. The number of ether oxygens (including phenoxy) is 1. The third-order valence-corrected chi connectivity index (χ3v) is 5.90. The molecule has 0 aliphatic carbocycles. The van der Waals surface area contributed by atoms with Gasteiger partial charge in [-0.1, -0.05) is 17.7 Å². The number of nitrogens with one attached hydrogen (secondary N) is 1. The first-order chi connectivity index (χ1) is 15.2. The quantitative estimate of drug-likeness (QED) is 0.596. The highest BCUT2D eigenvalue weighted by Gasteiger charge is 2.33. The first-order valence-corrected chi connectivity index (χ1v) is 10.5. The number of aromatic amines is 1. The number of aromatic nitrogens is 3. The van der Waals surface area contributed by atoms with Crippen molar-refractivity contribution in [3.63, 3.8) is 0 Å². The van der Waals surface area contributed by atoms with Crippen molar-refractivity contribution in [2.75, 3.05) is 20.2 Å². The van der Waals surface area contributed by atoms with Crippen molar-refractivity contribution in [3.05, 3.63) is 74.9 Å². The van der Waals surface area contributed by atoms with Crippen LogP contribution in [0.1, 0.15) is 35.7 Å². The summed E-state index contributed by atoms with van der Waals surface area (Å²) in [6, 6.07) is 10.9. The van der Waals surface area contributed by atoms with Gasteiger partial charge in [-0.05, 0) is 61.3 Å². The van der Waals surface area contributed by atoms with E-state index in [-0.39, 0.29) is 16.6 Å². The minimum absolute atomic E-state index is 0.0147. The van der Waals surface area contributed by atoms with E-state index in [1.165, 1.54) is 16.8 Å². The molecular formula is C22H22ClF3N4O2. The van der Waals surface area contributed by atoms with Crippen LogP contribution in [0.3, 0.4) is 0 Å². The molecule has 32 heavy (non-hydrogen) atoms. The molecule has 1 aromatic heterocycles. The van der Waals surface area contributed by atoms with Gasteiger partial charge >= 0.3 is 11.9 Å². The number of hydrogen-bond donors (Lipinski definition) is 1. The Bertz CT molecular complexity index is 1140. The lowest BCUT2D eigenvalue weighted by molar-refractivity contribution is -0.137. The van der Waals surface area contributed by atoms with Crippen molar-refractivity contribution in [2.24, 2.45) is 0 Å². The van der Waals surface area contributed by atoms with E-state index in [4.69, 9.17) is 16.3 Å². The van der Waals surface area contributed by atoms with Crippen LogP contribution >= 0.6 is 11.6 Å². The molecule has 6 nitrogen and oxygen atoms in total. The third-order valence-electron chi connectivity index (χ3n) is 5.59. The molecule has 4 rings (SSSR count). The first-order valence-electron chi connectivity index (χ1n) is 10.2. The summed E-state index contributed by atoms with van der Waals surface area (Å²) in [5, 5.41) is 4.19. The molecule has 1 atom stereocenters. The van der Waals surface area contributed by atoms with Gasteiger partial charge in [-0.2, -0.15) is 17.9 Å². The van der Waals surface area contributed by atoms with Crippen molar-refractivity contribution >= 4 is 11.6 Å². The van der Waals surface area contributed by atoms with Gasteiger partial charge in [0, 0.05) is 19.0 Å². The predicted octanol–water partition coefficient (Wildman–Crippen LogP) is 4.62. The van der Waals surface area contributed by atoms with Gasteiger partial charge in [0.25, 0.3) is 0 Å². The number of piperidine rings is 1. The van der Waals surface area contributed by atoms with Crippen LogP contribution in [-0.2, 0) is 12.7 Å². The number of hydrogen-bond acceptors (Lipinski definition) is 4. The van der Waals surface area contributed by atoms with E-state index >= 15 is 0 Å². The molecule has 1 aliphatic rings. The normalized spacial score (nSPS) is 17.5. The summed E-state index contributed by atoms with van der Waals surface area (Å²) in [6.07, 6.45) is -2.73. The molecule has 0 saturated carbocycles. The van der Waals surface area contributed by atoms with Crippen molar-refractivity contribution in [1.82, 2.24) is 19.7 Å². The van der Waals surface area contributed by atoms with E-state index in [0.717, 1.165) is 25.5 Å². The molecule has 10 heteroatoms. The second kappa shape index (κ2) is 8.99. The maximum Gasteiger partial charge on any atom is 0.417 e. The van der Waals surface area contributed by atoms with E-state index in [2.05, 4.69) is 15.0 Å². The number of alkyl halides is 3. The van der Waals surface area contributed by atoms with Gasteiger partial charge in [-0.15, -0.1) is 5.10 Å². The largest absolute Gasteiger partial charge is 0.497 e. The van der Waals surface area contributed by atoms with Crippen LogP contribution in [0, 0.1) is 0 Å². The van der Waals surface area contributed by atoms with Crippen LogP contribution in [0.5, 0.6) is 5.75 Å². The van der Waals surface area contributed by atoms with Crippen LogP contribution in [0.25, 0.3) is 5.69 Å². The topological polar surface area (TPSA) is 63.1 Å². The van der Waals surface area contributed by atoms with Crippen LogP contribution < -0.4 is 10.4 Å². The Labute approximate surface area is 187 Å². The number of benzene rings is 2. The van der Waals surface area contributed by atoms with Gasteiger partial charge in [-0.3, -0.25) is 9.88 Å². The number of halogens is 4. The molecule has 170 valence electrons. The third kappa shape index (κ3) is 4.83. The lowest BCUT2D eigenvalue weighted by Gasteiger charge is -2.31. The van der Waals surface area contributed by atoms with Gasteiger partial charge in [0.2, 0.25) is 0 Å². The molecule has 0 radical (unpaired) electrons. The zero-order valence-corrected chi connectivity index (χ0v) is 18.1. The van der Waals surface area contributed by atoms with Crippen LogP contribution in [-0.4, -0.2) is 39.9 Å². The highest BCUT2D eigenvalue weighted by atomic mass is 35.5. The molecule has 0 bridgehead atoms. The van der Waals surface area contributed by atoms with Gasteiger partial charge in [0.1, 0.15) is 11.6 Å². The summed E-state index contributed by atoms with van der Waals surface area (Å²) in [4.78, 5) is 17.4. The zero-order valence-electron chi connectivity index (χ0n) is 17.3. The van der Waals surface area contributed by atoms with Gasteiger partial charge in [-0.25, -0.2) is 4.79 Å². The fraction of sp³-hybridized carbons (Fsp3) is 0.364. The Morgan fingerprint density at radius 1 is 1.22 bits per heavy atom. The summed E-state index contributed by atoms with van der Waals surface area (Å²) in [6.45, 7) is 1.91. The number of likely N-dealkylation sites (tertiary alicyclic amines) is 1. The average molecular weight is 467 g/mol. The van der Waals surface area contributed by atoms with Crippen molar-refractivity contribution < 1.29 is 17.9 Å². The summed E-state index contributed by atoms with van der Waals surface area (Å²) in [5.74, 6) is 1.30. The smallest absolute Gasteiger partial charge is 0.417 e. The summed E-state index contributed by atoms with van der Waals surface area (Å²) in [5.41, 5.74) is 0.184. The average Bonchev–Trinajstić information content (AvgIpc) is 3.15. The Hall–Kier alpha value is -2.78. The van der Waals surface area contributed by atoms with Crippen LogP contribution in [0.4, 0.5) is 13.2 Å². The van der Waals surface area contributed by atoms with E-state index in [0.29, 0.717) is 35.9 Å². The summed E-state index contributed by atoms with van der Waals surface area (Å²) in [7, 11) is 1.57. The second-order valence-electron chi connectivity index (χ2n) is 7.81. The fourth-order valence-electron chi connectivity index (χ4n) is 3.99. The zero-order chi connectivity index (χ0) is 22.9. The van der Waals surface area contributed by atoms with Gasteiger partial charge in [0.05, 0.1) is 23.4 Å². The molecule has 1 aliphatic heterocycles. The van der Waals surface area contributed by atoms with Crippen molar-refractivity contribution in [2.45, 2.75) is 31.5 Å². The molecule has 2 aromatic carbocycles. The predicted molar refractivity (Wildman–Crippen MR) is 114 cm³/mol. The number of nitrogens with zero attached hydrogens (tertiary/aromatic N) is 3. The Morgan fingerprint density at radius 2 is 1.97 bits per heavy atom. The van der Waals surface area contributed by atoms with Gasteiger partial charge in [0.15, 0.2) is 0 Å². The van der Waals surface area contributed by atoms with Crippen molar-refractivity contribution in [3.8, 4) is 11.4 Å². The van der Waals surface area contributed by atoms with Gasteiger partial charge < -0.3 is 4.74 Å². The minimum Gasteiger partial charge on any atom is -0.497 e. The first kappa shape index (κ1) is 22.4. The molecule has 1 saturated heterocycles. The van der Waals surface area contributed by atoms with Crippen LogP contribution in [0.2, 0.25) is 5.02 Å². The van der Waals surface area contributed by atoms with E-state index in [1.54, 1.807) is 31.4 Å². The van der Waals surface area contributed by atoms with Crippen LogP contribution in [0.15, 0.2) is 47.3 Å². The van der Waals surface area contributed by atoms with E-state index < -0.39 is 11.7 Å². The standard InChI is InChI=1S/C22H22ClF3N4O2/c1-32-17-7-5-16(6-8-17)30-21(31)27-20(28-30)15-3-2-10-29(13-15)12-14-4-9-18(19(23)11-14)22(24,25)26/h4-9,11,15H,2-3,10,12-13H2,1H3,(H,27,28,31). The lowest BCUT2D eigenvalue weighted by Crippen LogP contribution is -2.34. The number of H-pyrrole nitrogens is 1. The SMILES string of the molecule is COc1ccc(-n2nc(C3CCCN(Cc4ccc(C(F)(F)F)c(Cl)c4)C3)[nH]c2=O)cc1. The summed E-state index contributed by atoms with van der Waals surface area (Å²) < 4.78 is 45.3. The highest BCUT2D eigenvalue weighted by Crippen LogP contribution is 2.35. The molecule has 1 unspecified atom stereocenters. The maximum atomic E-state index is 12.9. The Kier molecular flexibility index (Phi) is 6.30. The molecule has 3 aromatic rings. The molecular weight excluding hydrogens is 445 g/mol. The number of methoxy groups -OCH3 is 1. The molecule has 1 fully saturated rings. The molecule has 1 N–H and O–H groups in total. The second-order valence-corrected chi connectivity index (χ2v) is 8.22. The fourth-order valence-corrected chi connectivity index (χ4v) is 4.30. The van der Waals surface area contributed by atoms with E-state index in [9.17, 15) is 18.0 Å². The Balaban J connectivity index is 1.47. The Morgan fingerprint density at radius 3 is 2.62 bits per heavy atom. The molecule has 2 heterocycles. The lowest BCUT2D eigenvalue weighted by atomic mass is 9.97. The van der Waals surface area contributed by atoms with E-state index in [1.807, 2.05) is 0 Å². The highest BCUT2D eigenvalue weighted by molar-refractivity contribution is 6.31. The monoisotopic (exact) mass is 466 g/mol.